The van der Waals surface area contributed by atoms with E-state index in [-0.39, 0.29) is 31.4 Å². The average Bonchev–Trinajstić information content (AvgIpc) is 3.05. The highest BCUT2D eigenvalue weighted by molar-refractivity contribution is 5.82. The molecule has 2 N–H and O–H groups in total. The Morgan fingerprint density at radius 1 is 1.07 bits per heavy atom. The second-order valence-corrected chi connectivity index (χ2v) is 7.42. The normalized spacial score (nSPS) is 13.1. The van der Waals surface area contributed by atoms with Gasteiger partial charge in [0.1, 0.15) is 13.2 Å². The van der Waals surface area contributed by atoms with Gasteiger partial charge < -0.3 is 20.1 Å². The summed E-state index contributed by atoms with van der Waals surface area (Å²) in [5.41, 5.74) is 4.56. The summed E-state index contributed by atoms with van der Waals surface area (Å²) >= 11 is 0. The highest BCUT2D eigenvalue weighted by Gasteiger charge is 2.29. The van der Waals surface area contributed by atoms with Crippen molar-refractivity contribution in [2.75, 3.05) is 20.2 Å². The molecular weight excluding hydrogens is 384 g/mol. The molecule has 158 valence electrons. The number of carboxylic acid groups (broad SMARTS) is 1. The summed E-state index contributed by atoms with van der Waals surface area (Å²) in [6.07, 6.45) is -0.0428. The standard InChI is InChI=1S/C23H26N2O5/c1-3-15(12-21(26)25(2)13-22(27)28)24-23(29)30-14-20-18-10-6-4-8-16(18)17-9-5-7-11-19(17)20/h4-11,15,20H,3,12-14H2,1-2H3,(H,24,29)(H,27,28)/t15-/m0/s1. The van der Waals surface area contributed by atoms with Gasteiger partial charge in [0.25, 0.3) is 0 Å². The van der Waals surface area contributed by atoms with Crippen LogP contribution in [-0.4, -0.2) is 54.2 Å². The SMILES string of the molecule is CC[C@@H](CC(=O)N(C)CC(=O)O)NC(=O)OCC1c2ccccc2-c2ccccc21. The van der Waals surface area contributed by atoms with E-state index >= 15 is 0 Å². The van der Waals surface area contributed by atoms with Gasteiger partial charge in [-0.05, 0) is 28.7 Å². The minimum Gasteiger partial charge on any atom is -0.480 e. The van der Waals surface area contributed by atoms with Crippen LogP contribution in [-0.2, 0) is 14.3 Å². The number of rotatable bonds is 8. The quantitative estimate of drug-likeness (QED) is 0.697. The van der Waals surface area contributed by atoms with Gasteiger partial charge in [-0.15, -0.1) is 0 Å². The molecule has 30 heavy (non-hydrogen) atoms. The van der Waals surface area contributed by atoms with Crippen molar-refractivity contribution in [3.63, 3.8) is 0 Å². The van der Waals surface area contributed by atoms with Gasteiger partial charge in [0.05, 0.1) is 0 Å². The third-order valence-corrected chi connectivity index (χ3v) is 5.38. The zero-order valence-electron chi connectivity index (χ0n) is 17.1. The second-order valence-electron chi connectivity index (χ2n) is 7.42. The number of carboxylic acids is 1. The largest absolute Gasteiger partial charge is 0.480 e. The summed E-state index contributed by atoms with van der Waals surface area (Å²) in [6.45, 7) is 1.67. The van der Waals surface area contributed by atoms with Crippen LogP contribution >= 0.6 is 0 Å². The van der Waals surface area contributed by atoms with Gasteiger partial charge in [-0.1, -0.05) is 55.5 Å². The van der Waals surface area contributed by atoms with E-state index in [0.717, 1.165) is 27.2 Å². The Hall–Kier alpha value is -3.35. The van der Waals surface area contributed by atoms with Gasteiger partial charge >= 0.3 is 12.1 Å². The molecule has 0 aromatic heterocycles. The topological polar surface area (TPSA) is 95.9 Å². The molecule has 0 fully saturated rings. The summed E-state index contributed by atoms with van der Waals surface area (Å²) in [4.78, 5) is 36.4. The number of carbonyl (C=O) groups excluding carboxylic acids is 2. The first-order chi connectivity index (χ1) is 14.4. The number of amides is 2. The lowest BCUT2D eigenvalue weighted by atomic mass is 9.98. The van der Waals surface area contributed by atoms with Crippen LogP contribution in [0, 0.1) is 0 Å². The number of likely N-dealkylation sites (N-methyl/N-ethyl adjacent to an activating group) is 1. The molecule has 0 heterocycles. The van der Waals surface area contributed by atoms with Gasteiger partial charge in [0.15, 0.2) is 0 Å². The first kappa shape index (κ1) is 21.4. The Kier molecular flexibility index (Phi) is 6.72. The molecule has 3 rings (SSSR count). The van der Waals surface area contributed by atoms with Crippen LogP contribution in [0.5, 0.6) is 0 Å². The average molecular weight is 410 g/mol. The van der Waals surface area contributed by atoms with Crippen molar-refractivity contribution in [1.29, 1.82) is 0 Å². The molecule has 0 saturated heterocycles. The molecule has 2 aromatic carbocycles. The Balaban J connectivity index is 1.59. The monoisotopic (exact) mass is 410 g/mol. The molecule has 7 heteroatoms. The third kappa shape index (κ3) is 4.79. The van der Waals surface area contributed by atoms with E-state index in [4.69, 9.17) is 9.84 Å². The maximum atomic E-state index is 12.4. The maximum Gasteiger partial charge on any atom is 0.407 e. The Labute approximate surface area is 175 Å². The van der Waals surface area contributed by atoms with Crippen LogP contribution in [0.2, 0.25) is 0 Å². The van der Waals surface area contributed by atoms with E-state index in [2.05, 4.69) is 17.4 Å². The number of ether oxygens (including phenoxy) is 1. The van der Waals surface area contributed by atoms with Crippen LogP contribution in [0.4, 0.5) is 4.79 Å². The first-order valence-corrected chi connectivity index (χ1v) is 9.98. The van der Waals surface area contributed by atoms with Gasteiger partial charge in [0.2, 0.25) is 5.91 Å². The third-order valence-electron chi connectivity index (χ3n) is 5.38. The molecule has 0 radical (unpaired) electrons. The van der Waals surface area contributed by atoms with Crippen molar-refractivity contribution in [2.24, 2.45) is 0 Å². The van der Waals surface area contributed by atoms with Gasteiger partial charge in [-0.2, -0.15) is 0 Å². The zero-order chi connectivity index (χ0) is 21.7. The molecule has 0 spiro atoms. The number of hydrogen-bond donors (Lipinski definition) is 2. The van der Waals surface area contributed by atoms with Crippen molar-refractivity contribution in [3.8, 4) is 11.1 Å². The van der Waals surface area contributed by atoms with Crippen molar-refractivity contribution < 1.29 is 24.2 Å². The predicted octanol–water partition coefficient (Wildman–Crippen LogP) is 3.24. The number of carbonyl (C=O) groups is 3. The van der Waals surface area contributed by atoms with E-state index in [0.29, 0.717) is 6.42 Å². The summed E-state index contributed by atoms with van der Waals surface area (Å²) in [5.74, 6) is -1.46. The lowest BCUT2D eigenvalue weighted by molar-refractivity contribution is -0.143. The molecule has 0 saturated carbocycles. The molecule has 0 unspecified atom stereocenters. The number of nitrogens with one attached hydrogen (secondary N) is 1. The Bertz CT molecular complexity index is 897. The molecule has 2 aromatic rings. The predicted molar refractivity (Wildman–Crippen MR) is 112 cm³/mol. The first-order valence-electron chi connectivity index (χ1n) is 9.98. The van der Waals surface area contributed by atoms with Crippen molar-refractivity contribution >= 4 is 18.0 Å². The summed E-state index contributed by atoms with van der Waals surface area (Å²) < 4.78 is 5.51. The van der Waals surface area contributed by atoms with Crippen LogP contribution < -0.4 is 5.32 Å². The summed E-state index contributed by atoms with van der Waals surface area (Å²) in [6, 6.07) is 15.8. The fourth-order valence-corrected chi connectivity index (χ4v) is 3.76. The van der Waals surface area contributed by atoms with E-state index in [1.165, 1.54) is 7.05 Å². The van der Waals surface area contributed by atoms with Crippen LogP contribution in [0.25, 0.3) is 11.1 Å². The molecule has 1 atom stereocenters. The number of alkyl carbamates (subject to hydrolysis) is 1. The molecule has 0 bridgehead atoms. The fourth-order valence-electron chi connectivity index (χ4n) is 3.76. The minimum atomic E-state index is -1.08. The van der Waals surface area contributed by atoms with Crippen molar-refractivity contribution in [2.45, 2.75) is 31.7 Å². The van der Waals surface area contributed by atoms with E-state index in [1.54, 1.807) is 0 Å². The molecule has 0 aliphatic heterocycles. The Morgan fingerprint density at radius 2 is 1.63 bits per heavy atom. The molecule has 1 aliphatic rings. The molecule has 7 nitrogen and oxygen atoms in total. The van der Waals surface area contributed by atoms with Crippen molar-refractivity contribution in [1.82, 2.24) is 10.2 Å². The van der Waals surface area contributed by atoms with E-state index in [9.17, 15) is 14.4 Å². The molecule has 1 aliphatic carbocycles. The fraction of sp³-hybridized carbons (Fsp3) is 0.348. The highest BCUT2D eigenvalue weighted by Crippen LogP contribution is 2.44. The van der Waals surface area contributed by atoms with Crippen LogP contribution in [0.3, 0.4) is 0 Å². The minimum absolute atomic E-state index is 0.0183. The Morgan fingerprint density at radius 3 is 2.17 bits per heavy atom. The summed E-state index contributed by atoms with van der Waals surface area (Å²) in [7, 11) is 1.43. The molecule has 2 amide bonds. The number of nitrogens with zero attached hydrogens (tertiary/aromatic N) is 1. The van der Waals surface area contributed by atoms with E-state index in [1.807, 2.05) is 43.3 Å². The molecular formula is C23H26N2O5. The van der Waals surface area contributed by atoms with E-state index < -0.39 is 18.1 Å². The number of hydrogen-bond acceptors (Lipinski definition) is 4. The highest BCUT2D eigenvalue weighted by atomic mass is 16.5. The zero-order valence-corrected chi connectivity index (χ0v) is 17.1. The van der Waals surface area contributed by atoms with Gasteiger partial charge in [0, 0.05) is 25.4 Å². The van der Waals surface area contributed by atoms with Crippen LogP contribution in [0.1, 0.15) is 36.8 Å². The van der Waals surface area contributed by atoms with Crippen molar-refractivity contribution in [3.05, 3.63) is 59.7 Å². The van der Waals surface area contributed by atoms with Gasteiger partial charge in [-0.3, -0.25) is 9.59 Å². The lowest BCUT2D eigenvalue weighted by Crippen LogP contribution is -2.41. The van der Waals surface area contributed by atoms with Gasteiger partial charge in [-0.25, -0.2) is 4.79 Å². The summed E-state index contributed by atoms with van der Waals surface area (Å²) in [5, 5.41) is 11.5. The lowest BCUT2D eigenvalue weighted by Gasteiger charge is -2.21. The maximum absolute atomic E-state index is 12.4. The van der Waals surface area contributed by atoms with Crippen LogP contribution in [0.15, 0.2) is 48.5 Å². The number of aliphatic carboxylic acids is 1. The number of benzene rings is 2. The number of fused-ring (bicyclic) bond motifs is 3. The smallest absolute Gasteiger partial charge is 0.407 e. The second kappa shape index (κ2) is 9.43.